The summed E-state index contributed by atoms with van der Waals surface area (Å²) in [4.78, 5) is 28.6. The van der Waals surface area contributed by atoms with E-state index in [1.807, 2.05) is 14.1 Å². The van der Waals surface area contributed by atoms with Crippen molar-refractivity contribution in [3.8, 4) is 0 Å². The van der Waals surface area contributed by atoms with Gasteiger partial charge in [0.1, 0.15) is 0 Å². The largest absolute Gasteiger partial charge is 0.343 e. The van der Waals surface area contributed by atoms with Gasteiger partial charge in [-0.15, -0.1) is 0 Å². The molecule has 0 saturated carbocycles. The topological polar surface area (TPSA) is 90.0 Å². The van der Waals surface area contributed by atoms with Gasteiger partial charge in [0.05, 0.1) is 11.4 Å². The van der Waals surface area contributed by atoms with Gasteiger partial charge in [-0.25, -0.2) is 12.7 Å². The quantitative estimate of drug-likeness (QED) is 0.743. The lowest BCUT2D eigenvalue weighted by atomic mass is 10.0. The Morgan fingerprint density at radius 1 is 1.15 bits per heavy atom. The average molecular weight is 397 g/mol. The molecule has 9 heteroatoms. The number of hydrogen-bond donors (Lipinski definition) is 1. The maximum absolute atomic E-state index is 12.3. The third-order valence-electron chi connectivity index (χ3n) is 4.82. The number of rotatable bonds is 6. The fourth-order valence-corrected chi connectivity index (χ4v) is 3.96. The predicted molar refractivity (Wildman–Crippen MR) is 103 cm³/mol. The zero-order chi connectivity index (χ0) is 20.2. The molecule has 27 heavy (non-hydrogen) atoms. The van der Waals surface area contributed by atoms with E-state index < -0.39 is 15.9 Å². The van der Waals surface area contributed by atoms with Crippen LogP contribution in [0.25, 0.3) is 0 Å². The molecule has 0 atom stereocenters. The standard InChI is InChI=1S/C18H28N4O4S/c1-20(2)15-8-10-22(11-9-15)17(23)13-19-18(24)14-6-5-7-16(12-14)27(25,26)21(3)4/h5-7,12,15H,8-11,13H2,1-4H3,(H,19,24). The van der Waals surface area contributed by atoms with Crippen molar-refractivity contribution in [2.75, 3.05) is 47.8 Å². The molecule has 2 rings (SSSR count). The number of nitrogens with one attached hydrogen (secondary N) is 1. The Morgan fingerprint density at radius 3 is 2.33 bits per heavy atom. The van der Waals surface area contributed by atoms with Crippen LogP contribution in [0.3, 0.4) is 0 Å². The number of carbonyl (C=O) groups is 2. The molecule has 1 aliphatic rings. The molecule has 2 amide bonds. The van der Waals surface area contributed by atoms with Crippen LogP contribution in [0.4, 0.5) is 0 Å². The zero-order valence-corrected chi connectivity index (χ0v) is 17.1. The molecular weight excluding hydrogens is 368 g/mol. The highest BCUT2D eigenvalue weighted by molar-refractivity contribution is 7.89. The van der Waals surface area contributed by atoms with Crippen molar-refractivity contribution in [2.24, 2.45) is 0 Å². The summed E-state index contributed by atoms with van der Waals surface area (Å²) in [5.74, 6) is -0.597. The van der Waals surface area contributed by atoms with E-state index in [9.17, 15) is 18.0 Å². The minimum atomic E-state index is -3.62. The molecule has 1 N–H and O–H groups in total. The SMILES string of the molecule is CN(C)C1CCN(C(=O)CNC(=O)c2cccc(S(=O)(=O)N(C)C)c2)CC1. The number of carbonyl (C=O) groups excluding carboxylic acids is 2. The van der Waals surface area contributed by atoms with Gasteiger partial charge in [-0.3, -0.25) is 9.59 Å². The van der Waals surface area contributed by atoms with Gasteiger partial charge in [0.15, 0.2) is 0 Å². The molecule has 8 nitrogen and oxygen atoms in total. The molecule has 0 aromatic heterocycles. The molecule has 1 aromatic rings. The molecule has 0 radical (unpaired) electrons. The second kappa shape index (κ2) is 8.81. The average Bonchev–Trinajstić information content (AvgIpc) is 2.65. The van der Waals surface area contributed by atoms with Crippen LogP contribution in [0, 0.1) is 0 Å². The number of hydrogen-bond acceptors (Lipinski definition) is 5. The molecule has 150 valence electrons. The molecule has 1 saturated heterocycles. The lowest BCUT2D eigenvalue weighted by molar-refractivity contribution is -0.131. The van der Waals surface area contributed by atoms with Crippen molar-refractivity contribution in [3.05, 3.63) is 29.8 Å². The molecule has 0 unspecified atom stereocenters. The highest BCUT2D eigenvalue weighted by Crippen LogP contribution is 2.16. The van der Waals surface area contributed by atoms with Gasteiger partial charge in [-0.2, -0.15) is 0 Å². The molecular formula is C18H28N4O4S. The van der Waals surface area contributed by atoms with E-state index in [-0.39, 0.29) is 22.9 Å². The third-order valence-corrected chi connectivity index (χ3v) is 6.63. The van der Waals surface area contributed by atoms with Crippen LogP contribution >= 0.6 is 0 Å². The van der Waals surface area contributed by atoms with Crippen LogP contribution in [0.15, 0.2) is 29.2 Å². The molecule has 1 fully saturated rings. The van der Waals surface area contributed by atoms with E-state index in [2.05, 4.69) is 10.2 Å². The Hall–Kier alpha value is -1.97. The highest BCUT2D eigenvalue weighted by atomic mass is 32.2. The van der Waals surface area contributed by atoms with Crippen LogP contribution in [-0.4, -0.2) is 88.2 Å². The van der Waals surface area contributed by atoms with Crippen molar-refractivity contribution in [2.45, 2.75) is 23.8 Å². The van der Waals surface area contributed by atoms with Gasteiger partial charge in [0.2, 0.25) is 15.9 Å². The van der Waals surface area contributed by atoms with E-state index in [1.165, 1.54) is 38.4 Å². The first kappa shape index (κ1) is 21.3. The van der Waals surface area contributed by atoms with Gasteiger partial charge in [0.25, 0.3) is 5.91 Å². The monoisotopic (exact) mass is 396 g/mol. The summed E-state index contributed by atoms with van der Waals surface area (Å²) < 4.78 is 25.5. The first-order valence-corrected chi connectivity index (χ1v) is 10.3. The van der Waals surface area contributed by atoms with Gasteiger partial charge in [0, 0.05) is 38.8 Å². The van der Waals surface area contributed by atoms with Crippen LogP contribution in [-0.2, 0) is 14.8 Å². The molecule has 1 aromatic carbocycles. The number of nitrogens with zero attached hydrogens (tertiary/aromatic N) is 3. The van der Waals surface area contributed by atoms with E-state index in [1.54, 1.807) is 4.90 Å². The molecule has 1 heterocycles. The Bertz CT molecular complexity index is 784. The van der Waals surface area contributed by atoms with Crippen molar-refractivity contribution in [1.82, 2.24) is 19.4 Å². The summed E-state index contributed by atoms with van der Waals surface area (Å²) in [6.07, 6.45) is 1.83. The van der Waals surface area contributed by atoms with Crippen molar-refractivity contribution in [1.29, 1.82) is 0 Å². The third kappa shape index (κ3) is 5.27. The molecule has 0 spiro atoms. The minimum Gasteiger partial charge on any atom is -0.343 e. The van der Waals surface area contributed by atoms with Crippen molar-refractivity contribution in [3.63, 3.8) is 0 Å². The lowest BCUT2D eigenvalue weighted by Crippen LogP contribution is -2.47. The van der Waals surface area contributed by atoms with Crippen molar-refractivity contribution >= 4 is 21.8 Å². The fourth-order valence-electron chi connectivity index (χ4n) is 3.01. The Balaban J connectivity index is 1.94. The number of amides is 2. The first-order chi connectivity index (χ1) is 12.6. The Labute approximate surface area is 161 Å². The second-order valence-electron chi connectivity index (χ2n) is 7.07. The summed E-state index contributed by atoms with van der Waals surface area (Å²) in [5, 5.41) is 2.59. The number of likely N-dealkylation sites (tertiary alicyclic amines) is 1. The summed E-state index contributed by atoms with van der Waals surface area (Å²) in [6.45, 7) is 1.25. The molecule has 0 aliphatic carbocycles. The fraction of sp³-hybridized carbons (Fsp3) is 0.556. The molecule has 0 bridgehead atoms. The zero-order valence-electron chi connectivity index (χ0n) is 16.3. The molecule has 1 aliphatic heterocycles. The number of benzene rings is 1. The van der Waals surface area contributed by atoms with E-state index in [0.29, 0.717) is 19.1 Å². The predicted octanol–water partition coefficient (Wildman–Crippen LogP) is 0.219. The number of sulfonamides is 1. The summed E-state index contributed by atoms with van der Waals surface area (Å²) in [7, 11) is 3.31. The van der Waals surface area contributed by atoms with Gasteiger partial charge >= 0.3 is 0 Å². The second-order valence-corrected chi connectivity index (χ2v) is 9.23. The van der Waals surface area contributed by atoms with Crippen LogP contribution in [0.2, 0.25) is 0 Å². The van der Waals surface area contributed by atoms with Crippen LogP contribution < -0.4 is 5.32 Å². The van der Waals surface area contributed by atoms with E-state index in [0.717, 1.165) is 17.1 Å². The maximum Gasteiger partial charge on any atom is 0.251 e. The van der Waals surface area contributed by atoms with E-state index in [4.69, 9.17) is 0 Å². The van der Waals surface area contributed by atoms with Gasteiger partial charge < -0.3 is 15.1 Å². The maximum atomic E-state index is 12.3. The normalized spacial score (nSPS) is 16.0. The van der Waals surface area contributed by atoms with Crippen LogP contribution in [0.1, 0.15) is 23.2 Å². The number of piperidine rings is 1. The smallest absolute Gasteiger partial charge is 0.251 e. The van der Waals surface area contributed by atoms with E-state index >= 15 is 0 Å². The highest BCUT2D eigenvalue weighted by Gasteiger charge is 2.24. The minimum absolute atomic E-state index is 0.0391. The Kier molecular flexibility index (Phi) is 6.96. The summed E-state index contributed by atoms with van der Waals surface area (Å²) >= 11 is 0. The first-order valence-electron chi connectivity index (χ1n) is 8.88. The lowest BCUT2D eigenvalue weighted by Gasteiger charge is -2.35. The van der Waals surface area contributed by atoms with Crippen molar-refractivity contribution < 1.29 is 18.0 Å². The Morgan fingerprint density at radius 2 is 1.78 bits per heavy atom. The van der Waals surface area contributed by atoms with Gasteiger partial charge in [-0.05, 0) is 45.1 Å². The summed E-state index contributed by atoms with van der Waals surface area (Å²) in [5.41, 5.74) is 0.206. The van der Waals surface area contributed by atoms with Gasteiger partial charge in [-0.1, -0.05) is 6.07 Å². The van der Waals surface area contributed by atoms with Crippen LogP contribution in [0.5, 0.6) is 0 Å². The summed E-state index contributed by atoms with van der Waals surface area (Å²) in [6, 6.07) is 6.27.